The Morgan fingerprint density at radius 2 is 2.11 bits per heavy atom. The van der Waals surface area contributed by atoms with Crippen LogP contribution in [0.5, 0.6) is 5.75 Å². The van der Waals surface area contributed by atoms with Gasteiger partial charge in [-0.05, 0) is 38.1 Å². The molecule has 1 amide bonds. The number of nitriles is 1. The Balaban J connectivity index is 1.58. The normalized spacial score (nSPS) is 12.7. The number of ether oxygens (including phenoxy) is 1. The number of aromatic nitrogens is 4. The van der Waals surface area contributed by atoms with E-state index in [4.69, 9.17) is 4.74 Å². The molecule has 8 nitrogen and oxygen atoms in total. The molecule has 1 aliphatic rings. The monoisotopic (exact) mass is 374 g/mol. The SMILES string of the molecule is CC(C)Oc1ccc(C#N)cc1C(=O)N1Cc2cn(-c3ccnnc3)nc2C1. The highest BCUT2D eigenvalue weighted by molar-refractivity contribution is 5.97. The third-order valence-electron chi connectivity index (χ3n) is 4.40. The van der Waals surface area contributed by atoms with Crippen molar-refractivity contribution in [3.05, 3.63) is 65.2 Å². The van der Waals surface area contributed by atoms with Crippen LogP contribution < -0.4 is 4.74 Å². The van der Waals surface area contributed by atoms with E-state index in [0.717, 1.165) is 16.9 Å². The lowest BCUT2D eigenvalue weighted by Gasteiger charge is -2.19. The zero-order chi connectivity index (χ0) is 19.7. The van der Waals surface area contributed by atoms with Crippen LogP contribution in [-0.4, -0.2) is 36.9 Å². The minimum Gasteiger partial charge on any atom is -0.490 e. The van der Waals surface area contributed by atoms with E-state index in [9.17, 15) is 10.1 Å². The molecule has 4 rings (SSSR count). The summed E-state index contributed by atoms with van der Waals surface area (Å²) in [4.78, 5) is 14.8. The molecule has 3 heterocycles. The highest BCUT2D eigenvalue weighted by Crippen LogP contribution is 2.28. The van der Waals surface area contributed by atoms with E-state index in [-0.39, 0.29) is 12.0 Å². The van der Waals surface area contributed by atoms with Gasteiger partial charge >= 0.3 is 0 Å². The first-order valence-corrected chi connectivity index (χ1v) is 8.89. The second-order valence-electron chi connectivity index (χ2n) is 6.80. The van der Waals surface area contributed by atoms with Crippen molar-refractivity contribution in [2.24, 2.45) is 0 Å². The fraction of sp³-hybridized carbons (Fsp3) is 0.250. The molecule has 3 aromatic rings. The highest BCUT2D eigenvalue weighted by atomic mass is 16.5. The summed E-state index contributed by atoms with van der Waals surface area (Å²) in [7, 11) is 0. The summed E-state index contributed by atoms with van der Waals surface area (Å²) in [5.41, 5.74) is 3.45. The van der Waals surface area contributed by atoms with Crippen LogP contribution in [0.15, 0.2) is 42.9 Å². The summed E-state index contributed by atoms with van der Waals surface area (Å²) < 4.78 is 7.51. The van der Waals surface area contributed by atoms with Crippen LogP contribution in [-0.2, 0) is 13.1 Å². The van der Waals surface area contributed by atoms with Gasteiger partial charge in [0.25, 0.3) is 5.91 Å². The van der Waals surface area contributed by atoms with Crippen molar-refractivity contribution in [1.29, 1.82) is 5.26 Å². The molecule has 0 saturated carbocycles. The molecule has 1 aromatic carbocycles. The van der Waals surface area contributed by atoms with Crippen LogP contribution in [0.3, 0.4) is 0 Å². The average molecular weight is 374 g/mol. The fourth-order valence-corrected chi connectivity index (χ4v) is 3.14. The lowest BCUT2D eigenvalue weighted by atomic mass is 10.1. The number of benzene rings is 1. The average Bonchev–Trinajstić information content (AvgIpc) is 3.27. The van der Waals surface area contributed by atoms with E-state index >= 15 is 0 Å². The minimum atomic E-state index is -0.178. The fourth-order valence-electron chi connectivity index (χ4n) is 3.14. The Kier molecular flexibility index (Phi) is 4.49. The molecule has 0 fully saturated rings. The zero-order valence-corrected chi connectivity index (χ0v) is 15.5. The molecular weight excluding hydrogens is 356 g/mol. The van der Waals surface area contributed by atoms with Gasteiger partial charge in [-0.15, -0.1) is 0 Å². The maximum absolute atomic E-state index is 13.1. The summed E-state index contributed by atoms with van der Waals surface area (Å²) in [6.07, 6.45) is 5.06. The molecule has 0 saturated heterocycles. The summed E-state index contributed by atoms with van der Waals surface area (Å²) in [6, 6.07) is 8.81. The standard InChI is InChI=1S/C20H18N6O2/c1-13(2)28-19-4-3-14(8-21)7-17(19)20(27)25-10-15-11-26(24-18(15)12-25)16-5-6-22-23-9-16/h3-7,9,11,13H,10,12H2,1-2H3. The summed E-state index contributed by atoms with van der Waals surface area (Å²) in [5, 5.41) is 21.4. The number of nitrogens with zero attached hydrogens (tertiary/aromatic N) is 6. The van der Waals surface area contributed by atoms with Crippen molar-refractivity contribution >= 4 is 5.91 Å². The third-order valence-corrected chi connectivity index (χ3v) is 4.40. The third kappa shape index (κ3) is 3.30. The molecule has 140 valence electrons. The van der Waals surface area contributed by atoms with Gasteiger partial charge in [0.1, 0.15) is 5.75 Å². The molecule has 0 spiro atoms. The van der Waals surface area contributed by atoms with Crippen molar-refractivity contribution in [3.8, 4) is 17.5 Å². The first-order valence-electron chi connectivity index (χ1n) is 8.89. The van der Waals surface area contributed by atoms with E-state index in [2.05, 4.69) is 21.4 Å². The van der Waals surface area contributed by atoms with E-state index in [1.807, 2.05) is 26.1 Å². The Bertz CT molecular complexity index is 1040. The molecule has 0 unspecified atom stereocenters. The molecule has 0 atom stereocenters. The second-order valence-corrected chi connectivity index (χ2v) is 6.80. The summed E-state index contributed by atoms with van der Waals surface area (Å²) in [6.45, 7) is 4.64. The number of rotatable bonds is 4. The Hall–Kier alpha value is -3.73. The van der Waals surface area contributed by atoms with E-state index in [1.54, 1.807) is 40.2 Å². The van der Waals surface area contributed by atoms with Crippen LogP contribution in [0, 0.1) is 11.3 Å². The van der Waals surface area contributed by atoms with Crippen LogP contribution in [0.2, 0.25) is 0 Å². The van der Waals surface area contributed by atoms with Crippen LogP contribution in [0.4, 0.5) is 0 Å². The lowest BCUT2D eigenvalue weighted by molar-refractivity contribution is 0.0743. The number of carbonyl (C=O) groups is 1. The number of fused-ring (bicyclic) bond motifs is 1. The van der Waals surface area contributed by atoms with E-state index in [1.165, 1.54) is 0 Å². The number of amides is 1. The molecule has 0 bridgehead atoms. The van der Waals surface area contributed by atoms with Crippen molar-refractivity contribution in [2.45, 2.75) is 33.0 Å². The topological polar surface area (TPSA) is 96.9 Å². The molecule has 28 heavy (non-hydrogen) atoms. The van der Waals surface area contributed by atoms with Gasteiger partial charge in [0.05, 0.1) is 53.6 Å². The quantitative estimate of drug-likeness (QED) is 0.696. The van der Waals surface area contributed by atoms with Crippen LogP contribution in [0.25, 0.3) is 5.69 Å². The molecule has 8 heteroatoms. The van der Waals surface area contributed by atoms with Gasteiger partial charge in [-0.3, -0.25) is 4.79 Å². The van der Waals surface area contributed by atoms with Gasteiger partial charge in [0.2, 0.25) is 0 Å². The number of hydrogen-bond donors (Lipinski definition) is 0. The van der Waals surface area contributed by atoms with E-state index in [0.29, 0.717) is 30.0 Å². The maximum Gasteiger partial charge on any atom is 0.258 e. The van der Waals surface area contributed by atoms with Crippen molar-refractivity contribution in [2.75, 3.05) is 0 Å². The first-order chi connectivity index (χ1) is 13.5. The smallest absolute Gasteiger partial charge is 0.258 e. The molecule has 0 radical (unpaired) electrons. The zero-order valence-electron chi connectivity index (χ0n) is 15.5. The largest absolute Gasteiger partial charge is 0.490 e. The maximum atomic E-state index is 13.1. The van der Waals surface area contributed by atoms with Crippen molar-refractivity contribution in [1.82, 2.24) is 24.9 Å². The Labute approximate surface area is 162 Å². The van der Waals surface area contributed by atoms with Crippen LogP contribution in [0.1, 0.15) is 41.0 Å². The predicted molar refractivity (Wildman–Crippen MR) is 99.7 cm³/mol. The summed E-state index contributed by atoms with van der Waals surface area (Å²) >= 11 is 0. The van der Waals surface area contributed by atoms with Gasteiger partial charge < -0.3 is 9.64 Å². The molecule has 0 N–H and O–H groups in total. The summed E-state index contributed by atoms with van der Waals surface area (Å²) in [5.74, 6) is 0.305. The van der Waals surface area contributed by atoms with Gasteiger partial charge in [-0.2, -0.15) is 20.6 Å². The number of hydrogen-bond acceptors (Lipinski definition) is 6. The number of carbonyl (C=O) groups excluding carboxylic acids is 1. The van der Waals surface area contributed by atoms with E-state index < -0.39 is 0 Å². The van der Waals surface area contributed by atoms with Gasteiger partial charge in [0, 0.05) is 18.3 Å². The Morgan fingerprint density at radius 3 is 2.79 bits per heavy atom. The molecule has 0 aliphatic carbocycles. The molecule has 1 aliphatic heterocycles. The lowest BCUT2D eigenvalue weighted by Crippen LogP contribution is -2.27. The second kappa shape index (κ2) is 7.12. The van der Waals surface area contributed by atoms with Crippen molar-refractivity contribution in [3.63, 3.8) is 0 Å². The van der Waals surface area contributed by atoms with Crippen molar-refractivity contribution < 1.29 is 9.53 Å². The van der Waals surface area contributed by atoms with Gasteiger partial charge in [0.15, 0.2) is 0 Å². The van der Waals surface area contributed by atoms with Crippen LogP contribution >= 0.6 is 0 Å². The first kappa shape index (κ1) is 17.7. The minimum absolute atomic E-state index is 0.0768. The Morgan fingerprint density at radius 1 is 1.25 bits per heavy atom. The molecular formula is C20H18N6O2. The predicted octanol–water partition coefficient (Wildman–Crippen LogP) is 2.48. The molecule has 2 aromatic heterocycles. The van der Waals surface area contributed by atoms with Gasteiger partial charge in [-0.25, -0.2) is 4.68 Å². The van der Waals surface area contributed by atoms with Gasteiger partial charge in [-0.1, -0.05) is 0 Å². The highest BCUT2D eigenvalue weighted by Gasteiger charge is 2.29.